The van der Waals surface area contributed by atoms with Crippen LogP contribution in [-0.2, 0) is 4.74 Å². The zero-order chi connectivity index (χ0) is 15.4. The largest absolute Gasteiger partial charge is 0.465 e. The first-order chi connectivity index (χ1) is 10.0. The number of nitrogens with one attached hydrogen (secondary N) is 2. The number of anilines is 1. The molecule has 0 aliphatic heterocycles. The lowest BCUT2D eigenvalue weighted by molar-refractivity contribution is 0.0607. The van der Waals surface area contributed by atoms with Crippen LogP contribution in [0.3, 0.4) is 0 Å². The number of carbonyl (C=O) groups is 1. The summed E-state index contributed by atoms with van der Waals surface area (Å²) in [5.41, 5.74) is 1.66. The molecule has 0 saturated heterocycles. The van der Waals surface area contributed by atoms with E-state index in [4.69, 9.17) is 17.0 Å². The fourth-order valence-electron chi connectivity index (χ4n) is 1.79. The van der Waals surface area contributed by atoms with Gasteiger partial charge in [0.1, 0.15) is 4.88 Å². The van der Waals surface area contributed by atoms with Gasteiger partial charge in [-0.1, -0.05) is 30.4 Å². The Labute approximate surface area is 132 Å². The van der Waals surface area contributed by atoms with E-state index in [1.165, 1.54) is 18.4 Å². The van der Waals surface area contributed by atoms with Gasteiger partial charge in [-0.2, -0.15) is 0 Å². The molecule has 1 aromatic carbocycles. The highest BCUT2D eigenvalue weighted by molar-refractivity contribution is 7.80. The van der Waals surface area contributed by atoms with Gasteiger partial charge in [0.25, 0.3) is 0 Å². The van der Waals surface area contributed by atoms with Crippen molar-refractivity contribution < 1.29 is 9.53 Å². The number of hydrogen-bond donors (Lipinski definition) is 2. The Hall–Kier alpha value is -1.92. The molecule has 0 radical (unpaired) electrons. The summed E-state index contributed by atoms with van der Waals surface area (Å²) in [4.78, 5) is 12.4. The first-order valence-corrected chi connectivity index (χ1v) is 7.54. The van der Waals surface area contributed by atoms with Gasteiger partial charge in [-0.3, -0.25) is 0 Å². The molecule has 0 unspecified atom stereocenters. The third kappa shape index (κ3) is 3.59. The number of rotatable bonds is 4. The van der Waals surface area contributed by atoms with Crippen LogP contribution in [0.4, 0.5) is 5.69 Å². The molecule has 1 aromatic heterocycles. The molecule has 110 valence electrons. The van der Waals surface area contributed by atoms with Gasteiger partial charge >= 0.3 is 5.97 Å². The van der Waals surface area contributed by atoms with Gasteiger partial charge in [-0.05, 0) is 25.2 Å². The molecule has 4 nitrogen and oxygen atoms in total. The monoisotopic (exact) mass is 320 g/mol. The number of thiophene rings is 1. The van der Waals surface area contributed by atoms with Crippen molar-refractivity contribution >= 4 is 50.4 Å². The molecule has 2 aromatic rings. The van der Waals surface area contributed by atoms with Gasteiger partial charge in [0, 0.05) is 16.6 Å². The fourth-order valence-corrected chi connectivity index (χ4v) is 3.05. The third-order valence-electron chi connectivity index (χ3n) is 2.76. The van der Waals surface area contributed by atoms with Gasteiger partial charge in [0.15, 0.2) is 5.11 Å². The zero-order valence-electron chi connectivity index (χ0n) is 11.9. The Morgan fingerprint density at radius 1 is 1.43 bits per heavy atom. The Kier molecular flexibility index (Phi) is 4.93. The number of benzene rings is 1. The van der Waals surface area contributed by atoms with Crippen molar-refractivity contribution in [1.29, 1.82) is 0 Å². The Morgan fingerprint density at radius 2 is 2.14 bits per heavy atom. The first kappa shape index (κ1) is 15.5. The molecular weight excluding hydrogens is 304 g/mol. The molecule has 21 heavy (non-hydrogen) atoms. The van der Waals surface area contributed by atoms with E-state index < -0.39 is 0 Å². The molecule has 0 spiro atoms. The number of hydrogen-bond acceptors (Lipinski definition) is 4. The van der Waals surface area contributed by atoms with Gasteiger partial charge < -0.3 is 15.4 Å². The van der Waals surface area contributed by atoms with Crippen molar-refractivity contribution in [3.63, 3.8) is 0 Å². The second-order valence-electron chi connectivity index (χ2n) is 4.56. The highest BCUT2D eigenvalue weighted by Gasteiger charge is 2.19. The predicted molar refractivity (Wildman–Crippen MR) is 92.2 cm³/mol. The zero-order valence-corrected chi connectivity index (χ0v) is 13.5. The lowest BCUT2D eigenvalue weighted by atomic mass is 10.2. The normalized spacial score (nSPS) is 10.2. The molecular formula is C15H16N2O2S2. The number of methoxy groups -OCH3 is 1. The topological polar surface area (TPSA) is 50.4 Å². The molecule has 1 heterocycles. The summed E-state index contributed by atoms with van der Waals surface area (Å²) in [6.45, 7) is 6.31. The van der Waals surface area contributed by atoms with Crippen molar-refractivity contribution in [2.45, 2.75) is 6.92 Å². The second-order valence-corrected chi connectivity index (χ2v) is 6.02. The molecule has 6 heteroatoms. The van der Waals surface area contributed by atoms with E-state index in [1.807, 2.05) is 31.2 Å². The van der Waals surface area contributed by atoms with Gasteiger partial charge in [-0.15, -0.1) is 11.3 Å². The minimum Gasteiger partial charge on any atom is -0.465 e. The fraction of sp³-hybridized carbons (Fsp3) is 0.200. The molecule has 0 atom stereocenters. The third-order valence-corrected chi connectivity index (χ3v) is 4.15. The van der Waals surface area contributed by atoms with E-state index in [0.717, 1.165) is 15.7 Å². The van der Waals surface area contributed by atoms with Crippen LogP contribution in [0.5, 0.6) is 0 Å². The average Bonchev–Trinajstić information content (AvgIpc) is 2.83. The summed E-state index contributed by atoms with van der Waals surface area (Å²) in [6, 6.07) is 7.76. The lowest BCUT2D eigenvalue weighted by Crippen LogP contribution is -2.30. The van der Waals surface area contributed by atoms with Crippen molar-refractivity contribution in [3.8, 4) is 0 Å². The first-order valence-electron chi connectivity index (χ1n) is 6.32. The van der Waals surface area contributed by atoms with Crippen molar-refractivity contribution in [1.82, 2.24) is 5.32 Å². The van der Waals surface area contributed by atoms with Crippen molar-refractivity contribution in [2.75, 3.05) is 19.0 Å². The van der Waals surface area contributed by atoms with Crippen LogP contribution >= 0.6 is 23.6 Å². The maximum Gasteiger partial charge on any atom is 0.350 e. The minimum absolute atomic E-state index is 0.374. The van der Waals surface area contributed by atoms with Crippen LogP contribution in [0.1, 0.15) is 16.6 Å². The van der Waals surface area contributed by atoms with E-state index in [1.54, 1.807) is 0 Å². The average molecular weight is 320 g/mol. The summed E-state index contributed by atoms with van der Waals surface area (Å²) in [5.74, 6) is -0.374. The molecule has 2 rings (SSSR count). The highest BCUT2D eigenvalue weighted by Crippen LogP contribution is 2.36. The minimum atomic E-state index is -0.374. The maximum absolute atomic E-state index is 11.9. The number of carbonyl (C=O) groups excluding carboxylic acids is 1. The highest BCUT2D eigenvalue weighted by atomic mass is 32.1. The molecule has 2 N–H and O–H groups in total. The number of ether oxygens (including phenoxy) is 1. The van der Waals surface area contributed by atoms with Gasteiger partial charge in [0.2, 0.25) is 0 Å². The Bertz CT molecular complexity index is 707. The summed E-state index contributed by atoms with van der Waals surface area (Å²) < 4.78 is 5.84. The van der Waals surface area contributed by atoms with Gasteiger partial charge in [-0.25, -0.2) is 4.79 Å². The van der Waals surface area contributed by atoms with Crippen LogP contribution in [0.2, 0.25) is 0 Å². The Balaban J connectivity index is 2.34. The maximum atomic E-state index is 11.9. The van der Waals surface area contributed by atoms with Crippen molar-refractivity contribution in [3.05, 3.63) is 41.3 Å². The molecule has 0 aliphatic rings. The number of esters is 1. The molecule has 0 saturated carbocycles. The van der Waals surface area contributed by atoms with E-state index >= 15 is 0 Å². The molecule has 0 amide bonds. The van der Waals surface area contributed by atoms with Gasteiger partial charge in [0.05, 0.1) is 12.8 Å². The summed E-state index contributed by atoms with van der Waals surface area (Å²) >= 11 is 6.64. The van der Waals surface area contributed by atoms with Crippen LogP contribution in [0.25, 0.3) is 10.1 Å². The second kappa shape index (κ2) is 6.69. The van der Waals surface area contributed by atoms with Crippen LogP contribution < -0.4 is 10.6 Å². The lowest BCUT2D eigenvalue weighted by Gasteiger charge is -2.11. The van der Waals surface area contributed by atoms with E-state index in [9.17, 15) is 4.79 Å². The molecule has 0 bridgehead atoms. The standard InChI is InChI=1S/C15H16N2O2S2/c1-9(2)8-16-15(20)17-12-10-6-4-5-7-11(10)21-13(12)14(18)19-3/h4-7H,1,8H2,2-3H3,(H2,16,17,20). The van der Waals surface area contributed by atoms with E-state index in [2.05, 4.69) is 17.2 Å². The number of thiocarbonyl (C=S) groups is 1. The molecule has 0 aliphatic carbocycles. The van der Waals surface area contributed by atoms with Crippen LogP contribution in [0.15, 0.2) is 36.4 Å². The Morgan fingerprint density at radius 3 is 2.81 bits per heavy atom. The smallest absolute Gasteiger partial charge is 0.350 e. The summed E-state index contributed by atoms with van der Waals surface area (Å²) in [5, 5.41) is 7.53. The molecule has 0 fully saturated rings. The summed E-state index contributed by atoms with van der Waals surface area (Å²) in [7, 11) is 1.37. The van der Waals surface area contributed by atoms with E-state index in [-0.39, 0.29) is 5.97 Å². The predicted octanol–water partition coefficient (Wildman–Crippen LogP) is 3.55. The van der Waals surface area contributed by atoms with E-state index in [0.29, 0.717) is 22.2 Å². The SMILES string of the molecule is C=C(C)CNC(=S)Nc1c(C(=O)OC)sc2ccccc12. The summed E-state index contributed by atoms with van der Waals surface area (Å²) in [6.07, 6.45) is 0. The van der Waals surface area contributed by atoms with Crippen LogP contribution in [-0.4, -0.2) is 24.7 Å². The van der Waals surface area contributed by atoms with Crippen LogP contribution in [0, 0.1) is 0 Å². The quantitative estimate of drug-likeness (QED) is 0.512. The number of fused-ring (bicyclic) bond motifs is 1. The van der Waals surface area contributed by atoms with Crippen molar-refractivity contribution in [2.24, 2.45) is 0 Å².